The van der Waals surface area contributed by atoms with Crippen LogP contribution >= 0.6 is 11.3 Å². The number of thiazole rings is 1. The molecule has 1 fully saturated rings. The highest BCUT2D eigenvalue weighted by Gasteiger charge is 2.28. The summed E-state index contributed by atoms with van der Waals surface area (Å²) in [5, 5.41) is 5.94. The minimum atomic E-state index is -0.0465. The van der Waals surface area contributed by atoms with Crippen molar-refractivity contribution in [1.82, 2.24) is 15.2 Å². The largest absolute Gasteiger partial charge is 0.354 e. The Morgan fingerprint density at radius 2 is 2.16 bits per heavy atom. The Balaban J connectivity index is 1.95. The van der Waals surface area contributed by atoms with Crippen LogP contribution in [0, 0.1) is 0 Å². The number of aromatic nitrogens is 1. The van der Waals surface area contributed by atoms with Crippen LogP contribution in [0.2, 0.25) is 0 Å². The van der Waals surface area contributed by atoms with E-state index in [1.54, 1.807) is 11.3 Å². The van der Waals surface area contributed by atoms with Crippen molar-refractivity contribution in [2.24, 2.45) is 5.73 Å². The third-order valence-corrected chi connectivity index (χ3v) is 5.70. The zero-order chi connectivity index (χ0) is 18.4. The second-order valence-corrected chi connectivity index (χ2v) is 8.51. The fourth-order valence-corrected chi connectivity index (χ4v) is 3.89. The van der Waals surface area contributed by atoms with Crippen LogP contribution in [-0.4, -0.2) is 47.4 Å². The first-order chi connectivity index (χ1) is 11.8. The molecule has 2 rings (SSSR count). The minimum Gasteiger partial charge on any atom is -0.354 e. The maximum Gasteiger partial charge on any atom is 0.228 e. The Morgan fingerprint density at radius 1 is 1.40 bits per heavy atom. The van der Waals surface area contributed by atoms with Crippen LogP contribution in [-0.2, 0) is 21.4 Å². The van der Waals surface area contributed by atoms with Gasteiger partial charge in [0.15, 0.2) is 0 Å². The Kier molecular flexibility index (Phi) is 6.95. The van der Waals surface area contributed by atoms with E-state index >= 15 is 0 Å². The fourth-order valence-electron chi connectivity index (χ4n) is 2.98. The van der Waals surface area contributed by atoms with Crippen LogP contribution in [0.25, 0.3) is 0 Å². The van der Waals surface area contributed by atoms with Gasteiger partial charge in [0.05, 0.1) is 17.1 Å². The first-order valence-electron chi connectivity index (χ1n) is 9.02. The van der Waals surface area contributed by atoms with Crippen LogP contribution in [0.5, 0.6) is 0 Å². The van der Waals surface area contributed by atoms with Gasteiger partial charge in [0.1, 0.15) is 0 Å². The molecule has 0 aromatic carbocycles. The summed E-state index contributed by atoms with van der Waals surface area (Å²) in [6.45, 7) is 7.99. The van der Waals surface area contributed by atoms with Gasteiger partial charge in [-0.15, -0.1) is 11.3 Å². The van der Waals surface area contributed by atoms with Gasteiger partial charge in [-0.3, -0.25) is 9.59 Å². The quantitative estimate of drug-likeness (QED) is 0.804. The molecule has 0 aliphatic carbocycles. The molecule has 2 heterocycles. The Morgan fingerprint density at radius 3 is 2.80 bits per heavy atom. The smallest absolute Gasteiger partial charge is 0.228 e. The number of rotatable bonds is 6. The van der Waals surface area contributed by atoms with Crippen LogP contribution in [0.15, 0.2) is 5.38 Å². The predicted octanol–water partition coefficient (Wildman–Crippen LogP) is 1.83. The van der Waals surface area contributed by atoms with Gasteiger partial charge in [-0.05, 0) is 19.3 Å². The lowest BCUT2D eigenvalue weighted by Gasteiger charge is -2.36. The Labute approximate surface area is 154 Å². The van der Waals surface area contributed by atoms with Crippen molar-refractivity contribution in [3.63, 3.8) is 0 Å². The number of piperidine rings is 1. The molecule has 140 valence electrons. The summed E-state index contributed by atoms with van der Waals surface area (Å²) in [5.41, 5.74) is 6.25. The molecule has 1 aromatic rings. The standard InChI is InChI=1S/C18H30N4O2S/c1-18(2,3)17-21-13(12-25-17)10-16(24)22-9-5-4-6-14(22)11-20-15(23)7-8-19/h12,14H,4-11,19H2,1-3H3,(H,20,23). The molecule has 1 aliphatic heterocycles. The number of nitrogens with two attached hydrogens (primary N) is 1. The SMILES string of the molecule is CC(C)(C)c1nc(CC(=O)N2CCCCC2CNC(=O)CCN)cs1. The number of nitrogens with zero attached hydrogens (tertiary/aromatic N) is 2. The number of nitrogens with one attached hydrogen (secondary N) is 1. The summed E-state index contributed by atoms with van der Waals surface area (Å²) in [6, 6.07) is 0.0729. The van der Waals surface area contributed by atoms with E-state index in [4.69, 9.17) is 5.73 Å². The third kappa shape index (κ3) is 5.78. The van der Waals surface area contributed by atoms with E-state index in [2.05, 4.69) is 31.1 Å². The molecule has 1 atom stereocenters. The van der Waals surface area contributed by atoms with Crippen molar-refractivity contribution in [3.8, 4) is 0 Å². The van der Waals surface area contributed by atoms with Crippen LogP contribution < -0.4 is 11.1 Å². The molecule has 1 aliphatic rings. The van der Waals surface area contributed by atoms with Crippen LogP contribution in [0.3, 0.4) is 0 Å². The topological polar surface area (TPSA) is 88.3 Å². The first-order valence-corrected chi connectivity index (χ1v) is 9.90. The Hall–Kier alpha value is -1.47. The monoisotopic (exact) mass is 366 g/mol. The highest BCUT2D eigenvalue weighted by molar-refractivity contribution is 7.09. The maximum absolute atomic E-state index is 12.8. The number of carbonyl (C=O) groups is 2. The van der Waals surface area contributed by atoms with E-state index in [9.17, 15) is 9.59 Å². The number of amides is 2. The van der Waals surface area contributed by atoms with Crippen molar-refractivity contribution in [2.75, 3.05) is 19.6 Å². The lowest BCUT2D eigenvalue weighted by Crippen LogP contribution is -2.50. The van der Waals surface area contributed by atoms with Crippen molar-refractivity contribution in [3.05, 3.63) is 16.1 Å². The molecular formula is C18H30N4O2S. The van der Waals surface area contributed by atoms with Gasteiger partial charge < -0.3 is 16.0 Å². The molecule has 6 nitrogen and oxygen atoms in total. The first kappa shape index (κ1) is 19.8. The molecule has 3 N–H and O–H groups in total. The third-order valence-electron chi connectivity index (χ3n) is 4.38. The summed E-state index contributed by atoms with van der Waals surface area (Å²) in [7, 11) is 0. The van der Waals surface area contributed by atoms with Gasteiger partial charge in [-0.25, -0.2) is 4.98 Å². The molecule has 0 bridgehead atoms. The van der Waals surface area contributed by atoms with Crippen molar-refractivity contribution in [1.29, 1.82) is 0 Å². The zero-order valence-electron chi connectivity index (χ0n) is 15.5. The summed E-state index contributed by atoms with van der Waals surface area (Å²) in [5.74, 6) is 0.0540. The molecule has 0 saturated carbocycles. The highest BCUT2D eigenvalue weighted by atomic mass is 32.1. The van der Waals surface area contributed by atoms with Gasteiger partial charge >= 0.3 is 0 Å². The highest BCUT2D eigenvalue weighted by Crippen LogP contribution is 2.26. The lowest BCUT2D eigenvalue weighted by atomic mass is 9.98. The molecule has 1 aromatic heterocycles. The van der Waals surface area contributed by atoms with E-state index in [1.165, 1.54) is 0 Å². The van der Waals surface area contributed by atoms with Crippen molar-refractivity contribution >= 4 is 23.2 Å². The molecule has 0 spiro atoms. The second-order valence-electron chi connectivity index (χ2n) is 7.65. The molecule has 1 unspecified atom stereocenters. The van der Waals surface area contributed by atoms with Gasteiger partial charge in [-0.2, -0.15) is 0 Å². The molecule has 2 amide bonds. The average molecular weight is 367 g/mol. The van der Waals surface area contributed by atoms with Crippen molar-refractivity contribution < 1.29 is 9.59 Å². The van der Waals surface area contributed by atoms with E-state index in [0.717, 1.165) is 36.5 Å². The molecule has 7 heteroatoms. The normalized spacial score (nSPS) is 18.2. The number of likely N-dealkylation sites (tertiary alicyclic amines) is 1. The molecular weight excluding hydrogens is 336 g/mol. The van der Waals surface area contributed by atoms with E-state index in [-0.39, 0.29) is 23.3 Å². The van der Waals surface area contributed by atoms with Crippen LogP contribution in [0.4, 0.5) is 0 Å². The van der Waals surface area contributed by atoms with Gasteiger partial charge in [0.2, 0.25) is 11.8 Å². The van der Waals surface area contributed by atoms with E-state index in [1.807, 2.05) is 10.3 Å². The Bertz CT molecular complexity index is 594. The lowest BCUT2D eigenvalue weighted by molar-refractivity contribution is -0.134. The van der Waals surface area contributed by atoms with E-state index < -0.39 is 0 Å². The number of carbonyl (C=O) groups excluding carboxylic acids is 2. The summed E-state index contributed by atoms with van der Waals surface area (Å²) in [6.07, 6.45) is 3.70. The molecule has 0 radical (unpaired) electrons. The molecule has 25 heavy (non-hydrogen) atoms. The maximum atomic E-state index is 12.8. The summed E-state index contributed by atoms with van der Waals surface area (Å²) >= 11 is 1.61. The summed E-state index contributed by atoms with van der Waals surface area (Å²) in [4.78, 5) is 31.0. The zero-order valence-corrected chi connectivity index (χ0v) is 16.3. The minimum absolute atomic E-state index is 0.00684. The van der Waals surface area contributed by atoms with Gasteiger partial charge in [0, 0.05) is 42.9 Å². The number of hydrogen-bond donors (Lipinski definition) is 2. The van der Waals surface area contributed by atoms with Crippen molar-refractivity contribution in [2.45, 2.75) is 64.3 Å². The average Bonchev–Trinajstić information content (AvgIpc) is 3.02. The van der Waals surface area contributed by atoms with E-state index in [0.29, 0.717) is 25.9 Å². The predicted molar refractivity (Wildman–Crippen MR) is 101 cm³/mol. The summed E-state index contributed by atoms with van der Waals surface area (Å²) < 4.78 is 0. The van der Waals surface area contributed by atoms with Crippen LogP contribution in [0.1, 0.15) is 57.2 Å². The van der Waals surface area contributed by atoms with Gasteiger partial charge in [-0.1, -0.05) is 20.8 Å². The number of hydrogen-bond acceptors (Lipinski definition) is 5. The fraction of sp³-hybridized carbons (Fsp3) is 0.722. The second kappa shape index (κ2) is 8.76. The molecule has 1 saturated heterocycles. The van der Waals surface area contributed by atoms with Gasteiger partial charge in [0.25, 0.3) is 0 Å².